The molecule has 0 saturated heterocycles. The number of esters is 1. The average Bonchev–Trinajstić information content (AvgIpc) is 2.96. The van der Waals surface area contributed by atoms with Gasteiger partial charge in [0.15, 0.2) is 0 Å². The van der Waals surface area contributed by atoms with Crippen LogP contribution in [0.5, 0.6) is 0 Å². The van der Waals surface area contributed by atoms with Gasteiger partial charge < -0.3 is 9.72 Å². The van der Waals surface area contributed by atoms with Gasteiger partial charge >= 0.3 is 5.97 Å². The molecule has 1 aliphatic carbocycles. The molecule has 100 valence electrons. The maximum absolute atomic E-state index is 11.8. The zero-order chi connectivity index (χ0) is 13.3. The molecule has 0 aromatic carbocycles. The highest BCUT2D eigenvalue weighted by Crippen LogP contribution is 2.36. The van der Waals surface area contributed by atoms with Gasteiger partial charge in [-0.2, -0.15) is 0 Å². The van der Waals surface area contributed by atoms with E-state index in [0.29, 0.717) is 11.7 Å². The van der Waals surface area contributed by atoms with E-state index in [1.807, 2.05) is 20.8 Å². The molecular formula is C14H22N2O2. The van der Waals surface area contributed by atoms with Gasteiger partial charge in [0, 0.05) is 11.6 Å². The highest BCUT2D eigenvalue weighted by atomic mass is 16.5. The van der Waals surface area contributed by atoms with E-state index in [0.717, 1.165) is 11.4 Å². The molecule has 1 heterocycles. The molecule has 0 spiro atoms. The molecule has 1 fully saturated rings. The third-order valence-corrected chi connectivity index (χ3v) is 3.95. The van der Waals surface area contributed by atoms with Crippen molar-refractivity contribution in [1.29, 1.82) is 0 Å². The number of imidazole rings is 1. The van der Waals surface area contributed by atoms with E-state index >= 15 is 0 Å². The van der Waals surface area contributed by atoms with Gasteiger partial charge in [0.1, 0.15) is 11.2 Å². The first-order chi connectivity index (χ1) is 8.46. The summed E-state index contributed by atoms with van der Waals surface area (Å²) >= 11 is 0. The molecule has 0 amide bonds. The van der Waals surface area contributed by atoms with Crippen molar-refractivity contribution in [1.82, 2.24) is 9.97 Å². The summed E-state index contributed by atoms with van der Waals surface area (Å²) in [7, 11) is 1.41. The number of rotatable bonds is 3. The first-order valence-corrected chi connectivity index (χ1v) is 6.62. The lowest BCUT2D eigenvalue weighted by molar-refractivity contribution is -0.146. The average molecular weight is 250 g/mol. The molecule has 4 nitrogen and oxygen atoms in total. The van der Waals surface area contributed by atoms with Crippen LogP contribution in [0.2, 0.25) is 0 Å². The molecule has 0 unspecified atom stereocenters. The van der Waals surface area contributed by atoms with E-state index in [-0.39, 0.29) is 5.97 Å². The molecule has 4 heteroatoms. The van der Waals surface area contributed by atoms with Crippen molar-refractivity contribution in [3.05, 3.63) is 17.2 Å². The smallest absolute Gasteiger partial charge is 0.318 e. The molecule has 0 aliphatic heterocycles. The van der Waals surface area contributed by atoms with E-state index < -0.39 is 5.41 Å². The zero-order valence-corrected chi connectivity index (χ0v) is 11.7. The SMILES string of the molecule is COC(=O)C(C)(C)c1nc(C2CCCC2)c(C)[nH]1. The normalized spacial score (nSPS) is 17.1. The first-order valence-electron chi connectivity index (χ1n) is 6.62. The van der Waals surface area contributed by atoms with Crippen molar-refractivity contribution in [2.75, 3.05) is 7.11 Å². The number of nitrogens with one attached hydrogen (secondary N) is 1. The number of nitrogens with zero attached hydrogens (tertiary/aromatic N) is 1. The van der Waals surface area contributed by atoms with Crippen LogP contribution >= 0.6 is 0 Å². The number of hydrogen-bond donors (Lipinski definition) is 1. The van der Waals surface area contributed by atoms with Crippen molar-refractivity contribution in [2.45, 2.75) is 57.8 Å². The highest BCUT2D eigenvalue weighted by molar-refractivity contribution is 5.80. The molecule has 0 atom stereocenters. The monoisotopic (exact) mass is 250 g/mol. The Morgan fingerprint density at radius 1 is 1.39 bits per heavy atom. The van der Waals surface area contributed by atoms with Crippen LogP contribution in [-0.4, -0.2) is 23.0 Å². The minimum atomic E-state index is -0.712. The summed E-state index contributed by atoms with van der Waals surface area (Å²) < 4.78 is 4.85. The van der Waals surface area contributed by atoms with E-state index in [2.05, 4.69) is 9.97 Å². The van der Waals surface area contributed by atoms with Crippen molar-refractivity contribution in [3.8, 4) is 0 Å². The number of ether oxygens (including phenoxy) is 1. The number of aryl methyl sites for hydroxylation is 1. The van der Waals surface area contributed by atoms with Crippen molar-refractivity contribution >= 4 is 5.97 Å². The number of carbonyl (C=O) groups excluding carboxylic acids is 1. The van der Waals surface area contributed by atoms with Crippen molar-refractivity contribution < 1.29 is 9.53 Å². The van der Waals surface area contributed by atoms with E-state index in [1.54, 1.807) is 0 Å². The summed E-state index contributed by atoms with van der Waals surface area (Å²) in [5, 5.41) is 0. The van der Waals surface area contributed by atoms with Crippen LogP contribution in [-0.2, 0) is 14.9 Å². The third-order valence-electron chi connectivity index (χ3n) is 3.95. The molecule has 1 saturated carbocycles. The molecule has 0 bridgehead atoms. The number of hydrogen-bond acceptors (Lipinski definition) is 3. The van der Waals surface area contributed by atoms with Crippen molar-refractivity contribution in [3.63, 3.8) is 0 Å². The van der Waals surface area contributed by atoms with E-state index in [4.69, 9.17) is 4.74 Å². The predicted octanol–water partition coefficient (Wildman–Crippen LogP) is 2.83. The molecule has 1 N–H and O–H groups in total. The minimum Gasteiger partial charge on any atom is -0.468 e. The van der Waals surface area contributed by atoms with Crippen LogP contribution < -0.4 is 0 Å². The van der Waals surface area contributed by atoms with Gasteiger partial charge in [0.2, 0.25) is 0 Å². The zero-order valence-electron chi connectivity index (χ0n) is 11.7. The quantitative estimate of drug-likeness (QED) is 0.839. The summed E-state index contributed by atoms with van der Waals surface area (Å²) in [5.41, 5.74) is 1.52. The Morgan fingerprint density at radius 3 is 2.56 bits per heavy atom. The van der Waals surface area contributed by atoms with Crippen LogP contribution in [0, 0.1) is 6.92 Å². The number of methoxy groups -OCH3 is 1. The Bertz CT molecular complexity index is 443. The second kappa shape index (κ2) is 4.75. The van der Waals surface area contributed by atoms with Crippen molar-refractivity contribution in [2.24, 2.45) is 0 Å². The molecule has 1 aromatic heterocycles. The molecule has 0 radical (unpaired) electrons. The molecule has 1 aliphatic rings. The first kappa shape index (κ1) is 13.1. The Kier molecular flexibility index (Phi) is 3.46. The molecule has 18 heavy (non-hydrogen) atoms. The fourth-order valence-electron chi connectivity index (χ4n) is 2.72. The van der Waals surface area contributed by atoms with Gasteiger partial charge in [-0.15, -0.1) is 0 Å². The summed E-state index contributed by atoms with van der Waals surface area (Å²) in [6, 6.07) is 0. The Labute approximate surface area is 108 Å². The summed E-state index contributed by atoms with van der Waals surface area (Å²) in [6.07, 6.45) is 4.99. The van der Waals surface area contributed by atoms with Gasteiger partial charge in [0.05, 0.1) is 12.8 Å². The van der Waals surface area contributed by atoms with Gasteiger partial charge in [-0.05, 0) is 33.6 Å². The topological polar surface area (TPSA) is 55.0 Å². The van der Waals surface area contributed by atoms with Gasteiger partial charge in [0.25, 0.3) is 0 Å². The van der Waals surface area contributed by atoms with Crippen LogP contribution in [0.1, 0.15) is 62.7 Å². The Balaban J connectivity index is 2.30. The second-order valence-electron chi connectivity index (χ2n) is 5.69. The van der Waals surface area contributed by atoms with Crippen LogP contribution in [0.15, 0.2) is 0 Å². The largest absolute Gasteiger partial charge is 0.468 e. The fraction of sp³-hybridized carbons (Fsp3) is 0.714. The van der Waals surface area contributed by atoms with Gasteiger partial charge in [-0.3, -0.25) is 4.79 Å². The maximum atomic E-state index is 11.8. The van der Waals surface area contributed by atoms with E-state index in [9.17, 15) is 4.79 Å². The second-order valence-corrected chi connectivity index (χ2v) is 5.69. The van der Waals surface area contributed by atoms with Crippen LogP contribution in [0.25, 0.3) is 0 Å². The predicted molar refractivity (Wildman–Crippen MR) is 69.6 cm³/mol. The summed E-state index contributed by atoms with van der Waals surface area (Å²) in [6.45, 7) is 5.72. The highest BCUT2D eigenvalue weighted by Gasteiger charge is 2.35. The maximum Gasteiger partial charge on any atom is 0.318 e. The molecular weight excluding hydrogens is 228 g/mol. The lowest BCUT2D eigenvalue weighted by Crippen LogP contribution is -2.31. The van der Waals surface area contributed by atoms with Gasteiger partial charge in [-0.25, -0.2) is 4.98 Å². The lowest BCUT2D eigenvalue weighted by atomic mass is 9.93. The standard InChI is InChI=1S/C14H22N2O2/c1-9-11(10-7-5-6-8-10)16-12(15-9)14(2,3)13(17)18-4/h10H,5-8H2,1-4H3,(H,15,16). The Hall–Kier alpha value is -1.32. The fourth-order valence-corrected chi connectivity index (χ4v) is 2.72. The Morgan fingerprint density at radius 2 is 2.00 bits per heavy atom. The number of carbonyl (C=O) groups is 1. The van der Waals surface area contributed by atoms with Crippen LogP contribution in [0.4, 0.5) is 0 Å². The number of H-pyrrole nitrogens is 1. The van der Waals surface area contributed by atoms with E-state index in [1.165, 1.54) is 32.8 Å². The van der Waals surface area contributed by atoms with Gasteiger partial charge in [-0.1, -0.05) is 12.8 Å². The molecule has 1 aromatic rings. The summed E-state index contributed by atoms with van der Waals surface area (Å²) in [4.78, 5) is 19.7. The molecule has 2 rings (SSSR count). The summed E-state index contributed by atoms with van der Waals surface area (Å²) in [5.74, 6) is 1.02. The number of aromatic nitrogens is 2. The number of aromatic amines is 1. The minimum absolute atomic E-state index is 0.255. The lowest BCUT2D eigenvalue weighted by Gasteiger charge is -2.18. The third kappa shape index (κ3) is 2.16. The van der Waals surface area contributed by atoms with Crippen LogP contribution in [0.3, 0.4) is 0 Å².